The normalized spacial score (nSPS) is 10.9. The molecule has 0 saturated heterocycles. The van der Waals surface area contributed by atoms with Crippen molar-refractivity contribution in [3.63, 3.8) is 0 Å². The Morgan fingerprint density at radius 3 is 2.67 bits per heavy atom. The van der Waals surface area contributed by atoms with E-state index in [1.807, 2.05) is 0 Å². The highest BCUT2D eigenvalue weighted by atomic mass is 35.7. The van der Waals surface area contributed by atoms with E-state index in [0.29, 0.717) is 18.8 Å². The number of aryl methyl sites for hydroxylation is 1. The summed E-state index contributed by atoms with van der Waals surface area (Å²) in [7, 11) is 1.55. The van der Waals surface area contributed by atoms with Gasteiger partial charge in [-0.3, -0.25) is 0 Å². The van der Waals surface area contributed by atoms with Crippen LogP contribution in [-0.2, 0) is 9.05 Å². The van der Waals surface area contributed by atoms with Crippen LogP contribution in [0.15, 0.2) is 23.1 Å². The molecule has 0 heterocycles. The third kappa shape index (κ3) is 4.55. The molecule has 0 amide bonds. The van der Waals surface area contributed by atoms with Gasteiger partial charge in [-0.25, -0.2) is 8.42 Å². The highest BCUT2D eigenvalue weighted by Gasteiger charge is 2.11. The topological polar surface area (TPSA) is 67.2 Å². The van der Waals surface area contributed by atoms with E-state index in [0.717, 1.165) is 18.4 Å². The Labute approximate surface area is 112 Å². The SMILES string of the molecule is Cc1cc(S(=O)(=O)Cl)ccc1OCCCCC#N. The zero-order valence-corrected chi connectivity index (χ0v) is 11.6. The van der Waals surface area contributed by atoms with Crippen LogP contribution < -0.4 is 4.74 Å². The van der Waals surface area contributed by atoms with Crippen LogP contribution >= 0.6 is 10.7 Å². The van der Waals surface area contributed by atoms with Gasteiger partial charge < -0.3 is 4.74 Å². The summed E-state index contributed by atoms with van der Waals surface area (Å²) in [6.07, 6.45) is 2.11. The van der Waals surface area contributed by atoms with Crippen molar-refractivity contribution in [2.24, 2.45) is 0 Å². The van der Waals surface area contributed by atoms with Gasteiger partial charge in [0.1, 0.15) is 5.75 Å². The maximum Gasteiger partial charge on any atom is 0.261 e. The average molecular weight is 288 g/mol. The summed E-state index contributed by atoms with van der Waals surface area (Å²) in [5.41, 5.74) is 0.719. The van der Waals surface area contributed by atoms with Gasteiger partial charge in [-0.05, 0) is 43.5 Å². The Bertz CT molecular complexity index is 549. The quantitative estimate of drug-likeness (QED) is 0.596. The molecule has 0 spiro atoms. The monoisotopic (exact) mass is 287 g/mol. The van der Waals surface area contributed by atoms with E-state index in [1.165, 1.54) is 12.1 Å². The highest BCUT2D eigenvalue weighted by molar-refractivity contribution is 8.13. The van der Waals surface area contributed by atoms with Crippen molar-refractivity contribution in [3.05, 3.63) is 23.8 Å². The molecule has 0 unspecified atom stereocenters. The Hall–Kier alpha value is -1.25. The van der Waals surface area contributed by atoms with Crippen molar-refractivity contribution in [2.75, 3.05) is 6.61 Å². The standard InChI is InChI=1S/C12H14ClNO3S/c1-10-9-11(18(13,15)16)5-6-12(10)17-8-4-2-3-7-14/h5-6,9H,2-4,8H2,1H3. The lowest BCUT2D eigenvalue weighted by Gasteiger charge is -2.09. The maximum atomic E-state index is 11.1. The molecule has 0 fully saturated rings. The van der Waals surface area contributed by atoms with Crippen molar-refractivity contribution >= 4 is 19.7 Å². The van der Waals surface area contributed by atoms with E-state index < -0.39 is 9.05 Å². The van der Waals surface area contributed by atoms with Gasteiger partial charge in [0.25, 0.3) is 9.05 Å². The first kappa shape index (κ1) is 14.8. The Morgan fingerprint density at radius 1 is 1.39 bits per heavy atom. The Balaban J connectivity index is 2.61. The fourth-order valence-corrected chi connectivity index (χ4v) is 2.26. The van der Waals surface area contributed by atoms with Gasteiger partial charge in [-0.1, -0.05) is 0 Å². The van der Waals surface area contributed by atoms with E-state index in [4.69, 9.17) is 20.7 Å². The Kier molecular flexibility index (Phi) is 5.45. The third-order valence-corrected chi connectivity index (χ3v) is 3.72. The van der Waals surface area contributed by atoms with E-state index in [2.05, 4.69) is 6.07 Å². The van der Waals surface area contributed by atoms with Gasteiger partial charge in [0.05, 0.1) is 17.6 Å². The number of halogens is 1. The smallest absolute Gasteiger partial charge is 0.261 e. The van der Waals surface area contributed by atoms with E-state index in [-0.39, 0.29) is 4.90 Å². The lowest BCUT2D eigenvalue weighted by Crippen LogP contribution is -2.00. The fraction of sp³-hybridized carbons (Fsp3) is 0.417. The first-order chi connectivity index (χ1) is 8.45. The summed E-state index contributed by atoms with van der Waals surface area (Å²) in [5, 5.41) is 8.37. The predicted octanol–water partition coefficient (Wildman–Crippen LogP) is 3.00. The molecule has 1 aromatic rings. The molecule has 0 aliphatic heterocycles. The van der Waals surface area contributed by atoms with Gasteiger partial charge in [-0.2, -0.15) is 5.26 Å². The molecule has 1 rings (SSSR count). The summed E-state index contributed by atoms with van der Waals surface area (Å²) >= 11 is 0. The summed E-state index contributed by atoms with van der Waals surface area (Å²) < 4.78 is 27.7. The molecule has 4 nitrogen and oxygen atoms in total. The molecule has 6 heteroatoms. The first-order valence-electron chi connectivity index (χ1n) is 5.50. The molecule has 0 bridgehead atoms. The molecule has 0 aliphatic carbocycles. The lowest BCUT2D eigenvalue weighted by atomic mass is 10.2. The summed E-state index contributed by atoms with van der Waals surface area (Å²) in [4.78, 5) is 0.0681. The second-order valence-electron chi connectivity index (χ2n) is 3.83. The third-order valence-electron chi connectivity index (χ3n) is 2.37. The molecule has 0 atom stereocenters. The summed E-state index contributed by atoms with van der Waals surface area (Å²) in [5.74, 6) is 0.635. The van der Waals surface area contributed by atoms with E-state index in [9.17, 15) is 8.42 Å². The van der Waals surface area contributed by atoms with Crippen molar-refractivity contribution in [1.29, 1.82) is 5.26 Å². The predicted molar refractivity (Wildman–Crippen MR) is 69.2 cm³/mol. The van der Waals surface area contributed by atoms with Gasteiger partial charge in [0.15, 0.2) is 0 Å². The minimum Gasteiger partial charge on any atom is -0.493 e. The number of hydrogen-bond donors (Lipinski definition) is 0. The van der Waals surface area contributed by atoms with Gasteiger partial charge in [0, 0.05) is 17.1 Å². The van der Waals surface area contributed by atoms with Crippen molar-refractivity contribution in [3.8, 4) is 11.8 Å². The number of hydrogen-bond acceptors (Lipinski definition) is 4. The van der Waals surface area contributed by atoms with Crippen LogP contribution in [0.2, 0.25) is 0 Å². The molecule has 0 radical (unpaired) electrons. The van der Waals surface area contributed by atoms with Crippen LogP contribution in [0.1, 0.15) is 24.8 Å². The van der Waals surface area contributed by atoms with Crippen molar-refractivity contribution in [1.82, 2.24) is 0 Å². The zero-order chi connectivity index (χ0) is 13.6. The first-order valence-corrected chi connectivity index (χ1v) is 7.81. The molecule has 18 heavy (non-hydrogen) atoms. The second kappa shape index (κ2) is 6.62. The minimum absolute atomic E-state index is 0.0681. The molecule has 0 aromatic heterocycles. The van der Waals surface area contributed by atoms with Crippen LogP contribution in [0.4, 0.5) is 0 Å². The number of rotatable bonds is 6. The number of nitriles is 1. The average Bonchev–Trinajstić information content (AvgIpc) is 2.29. The molecular formula is C12H14ClNO3S. The number of unbranched alkanes of at least 4 members (excludes halogenated alkanes) is 2. The van der Waals surface area contributed by atoms with Crippen LogP contribution in [0.3, 0.4) is 0 Å². The lowest BCUT2D eigenvalue weighted by molar-refractivity contribution is 0.305. The maximum absolute atomic E-state index is 11.1. The van der Waals surface area contributed by atoms with Gasteiger partial charge >= 0.3 is 0 Å². The molecule has 0 N–H and O–H groups in total. The second-order valence-corrected chi connectivity index (χ2v) is 6.39. The summed E-state index contributed by atoms with van der Waals surface area (Å²) in [6.45, 7) is 2.27. The van der Waals surface area contributed by atoms with Gasteiger partial charge in [0.2, 0.25) is 0 Å². The molecule has 98 valence electrons. The van der Waals surface area contributed by atoms with Crippen LogP contribution in [0, 0.1) is 18.3 Å². The van der Waals surface area contributed by atoms with E-state index in [1.54, 1.807) is 13.0 Å². The molecule has 0 aliphatic rings. The number of benzene rings is 1. The highest BCUT2D eigenvalue weighted by Crippen LogP contribution is 2.24. The van der Waals surface area contributed by atoms with Crippen molar-refractivity contribution in [2.45, 2.75) is 31.1 Å². The summed E-state index contributed by atoms with van der Waals surface area (Å²) in [6, 6.07) is 6.55. The van der Waals surface area contributed by atoms with Crippen LogP contribution in [-0.4, -0.2) is 15.0 Å². The molecule has 0 saturated carbocycles. The number of nitrogens with zero attached hydrogens (tertiary/aromatic N) is 1. The molecular weight excluding hydrogens is 274 g/mol. The number of ether oxygens (including phenoxy) is 1. The van der Waals surface area contributed by atoms with Gasteiger partial charge in [-0.15, -0.1) is 0 Å². The van der Waals surface area contributed by atoms with Crippen LogP contribution in [0.5, 0.6) is 5.75 Å². The van der Waals surface area contributed by atoms with Crippen LogP contribution in [0.25, 0.3) is 0 Å². The van der Waals surface area contributed by atoms with E-state index >= 15 is 0 Å². The zero-order valence-electron chi connectivity index (χ0n) is 10.0. The Morgan fingerprint density at radius 2 is 2.11 bits per heavy atom. The van der Waals surface area contributed by atoms with Crippen molar-refractivity contribution < 1.29 is 13.2 Å². The molecule has 1 aromatic carbocycles. The minimum atomic E-state index is -3.69. The fourth-order valence-electron chi connectivity index (χ4n) is 1.42. The largest absolute Gasteiger partial charge is 0.493 e.